The molecular formula is C18H18N2O6. The summed E-state index contributed by atoms with van der Waals surface area (Å²) in [6, 6.07) is 9.13. The molecule has 0 aromatic heterocycles. The Kier molecular flexibility index (Phi) is 6.15. The zero-order chi connectivity index (χ0) is 19.1. The molecule has 0 saturated carbocycles. The molecule has 0 heterocycles. The average molecular weight is 358 g/mol. The van der Waals surface area contributed by atoms with E-state index >= 15 is 0 Å². The molecule has 0 radical (unpaired) electrons. The van der Waals surface area contributed by atoms with Gasteiger partial charge in [0.2, 0.25) is 5.91 Å². The molecule has 2 rings (SSSR count). The lowest BCUT2D eigenvalue weighted by Gasteiger charge is -2.09. The Morgan fingerprint density at radius 2 is 1.73 bits per heavy atom. The summed E-state index contributed by atoms with van der Waals surface area (Å²) < 4.78 is 15.5. The maximum Gasteiger partial charge on any atom is 0.271 e. The molecule has 26 heavy (non-hydrogen) atoms. The number of carbonyl (C=O) groups is 1. The van der Waals surface area contributed by atoms with Gasteiger partial charge in [-0.2, -0.15) is 0 Å². The molecule has 0 aliphatic rings. The highest BCUT2D eigenvalue weighted by molar-refractivity contribution is 6.03. The topological polar surface area (TPSA) is 99.9 Å². The Hall–Kier alpha value is -3.55. The number of methoxy groups -OCH3 is 3. The third kappa shape index (κ3) is 4.50. The molecule has 8 nitrogen and oxygen atoms in total. The van der Waals surface area contributed by atoms with Crippen molar-refractivity contribution in [3.8, 4) is 17.2 Å². The van der Waals surface area contributed by atoms with Gasteiger partial charge in [0, 0.05) is 23.8 Å². The van der Waals surface area contributed by atoms with Crippen LogP contribution in [0.5, 0.6) is 17.2 Å². The predicted octanol–water partition coefficient (Wildman–Crippen LogP) is 3.27. The molecule has 136 valence electrons. The van der Waals surface area contributed by atoms with Gasteiger partial charge in [0.15, 0.2) is 0 Å². The Morgan fingerprint density at radius 3 is 2.35 bits per heavy atom. The zero-order valence-electron chi connectivity index (χ0n) is 14.5. The maximum absolute atomic E-state index is 12.2. The van der Waals surface area contributed by atoms with Crippen molar-refractivity contribution in [2.24, 2.45) is 0 Å². The molecule has 0 unspecified atom stereocenters. The van der Waals surface area contributed by atoms with E-state index in [-0.39, 0.29) is 11.4 Å². The van der Waals surface area contributed by atoms with Gasteiger partial charge in [-0.05, 0) is 30.3 Å². The molecule has 0 aliphatic heterocycles. The summed E-state index contributed by atoms with van der Waals surface area (Å²) >= 11 is 0. The molecule has 1 amide bonds. The van der Waals surface area contributed by atoms with E-state index in [4.69, 9.17) is 14.2 Å². The number of nitrogens with zero attached hydrogens (tertiary/aromatic N) is 1. The van der Waals surface area contributed by atoms with Crippen LogP contribution in [0.4, 0.5) is 11.4 Å². The first-order valence-electron chi connectivity index (χ1n) is 7.52. The minimum absolute atomic E-state index is 0.153. The van der Waals surface area contributed by atoms with Gasteiger partial charge in [-0.25, -0.2) is 0 Å². The van der Waals surface area contributed by atoms with Gasteiger partial charge >= 0.3 is 0 Å². The molecule has 0 atom stereocenters. The van der Waals surface area contributed by atoms with Crippen molar-refractivity contribution < 1.29 is 23.9 Å². The highest BCUT2D eigenvalue weighted by Crippen LogP contribution is 2.29. The third-order valence-electron chi connectivity index (χ3n) is 3.50. The summed E-state index contributed by atoms with van der Waals surface area (Å²) in [4.78, 5) is 22.5. The van der Waals surface area contributed by atoms with E-state index in [9.17, 15) is 14.9 Å². The van der Waals surface area contributed by atoms with Crippen molar-refractivity contribution in [1.82, 2.24) is 0 Å². The fourth-order valence-corrected chi connectivity index (χ4v) is 2.22. The Bertz CT molecular complexity index is 848. The number of non-ortho nitro benzene ring substituents is 1. The molecule has 2 aromatic rings. The number of hydrogen-bond donors (Lipinski definition) is 1. The maximum atomic E-state index is 12.2. The van der Waals surface area contributed by atoms with E-state index in [1.165, 1.54) is 45.6 Å². The first-order chi connectivity index (χ1) is 12.5. The summed E-state index contributed by atoms with van der Waals surface area (Å²) in [5.41, 5.74) is 0.696. The smallest absolute Gasteiger partial charge is 0.271 e. The fourth-order valence-electron chi connectivity index (χ4n) is 2.22. The minimum atomic E-state index is -0.550. The molecule has 0 aliphatic carbocycles. The normalized spacial score (nSPS) is 10.4. The second kappa shape index (κ2) is 8.52. The SMILES string of the molecule is COc1ccc(OC)c(/C=C/C(=O)Nc2cc([N+](=O)[O-])ccc2OC)c1. The average Bonchev–Trinajstić information content (AvgIpc) is 2.65. The van der Waals surface area contributed by atoms with Gasteiger partial charge in [-0.1, -0.05) is 0 Å². The van der Waals surface area contributed by atoms with E-state index in [1.54, 1.807) is 24.3 Å². The van der Waals surface area contributed by atoms with Crippen molar-refractivity contribution in [2.75, 3.05) is 26.6 Å². The van der Waals surface area contributed by atoms with Crippen LogP contribution in [0.1, 0.15) is 5.56 Å². The van der Waals surface area contributed by atoms with Crippen LogP contribution < -0.4 is 19.5 Å². The number of nitrogens with one attached hydrogen (secondary N) is 1. The summed E-state index contributed by atoms with van der Waals surface area (Å²) in [6.45, 7) is 0. The van der Waals surface area contributed by atoms with Crippen LogP contribution in [0.25, 0.3) is 6.08 Å². The molecule has 8 heteroatoms. The largest absolute Gasteiger partial charge is 0.497 e. The van der Waals surface area contributed by atoms with Crippen molar-refractivity contribution in [1.29, 1.82) is 0 Å². The minimum Gasteiger partial charge on any atom is -0.497 e. The van der Waals surface area contributed by atoms with Gasteiger partial charge in [0.05, 0.1) is 31.9 Å². The number of benzene rings is 2. The van der Waals surface area contributed by atoms with Crippen LogP contribution in [0.3, 0.4) is 0 Å². The van der Waals surface area contributed by atoms with Crippen molar-refractivity contribution in [3.63, 3.8) is 0 Å². The lowest BCUT2D eigenvalue weighted by Crippen LogP contribution is -2.09. The number of carbonyl (C=O) groups excluding carboxylic acids is 1. The van der Waals surface area contributed by atoms with Crippen molar-refractivity contribution in [3.05, 3.63) is 58.2 Å². The van der Waals surface area contributed by atoms with Crippen LogP contribution in [-0.2, 0) is 4.79 Å². The Balaban J connectivity index is 2.22. The molecule has 2 aromatic carbocycles. The van der Waals surface area contributed by atoms with Gasteiger partial charge in [0.25, 0.3) is 5.69 Å². The van der Waals surface area contributed by atoms with Crippen LogP contribution >= 0.6 is 0 Å². The number of nitro groups is 1. The van der Waals surface area contributed by atoms with Crippen LogP contribution in [0.2, 0.25) is 0 Å². The number of ether oxygens (including phenoxy) is 3. The van der Waals surface area contributed by atoms with Crippen molar-refractivity contribution in [2.45, 2.75) is 0 Å². The second-order valence-corrected chi connectivity index (χ2v) is 5.07. The monoisotopic (exact) mass is 358 g/mol. The van der Waals surface area contributed by atoms with E-state index in [0.29, 0.717) is 22.8 Å². The molecule has 0 bridgehead atoms. The summed E-state index contributed by atoms with van der Waals surface area (Å²) in [5, 5.41) is 13.5. The van der Waals surface area contributed by atoms with Gasteiger partial charge < -0.3 is 19.5 Å². The Labute approximate surface area is 150 Å². The van der Waals surface area contributed by atoms with Gasteiger partial charge in [-0.3, -0.25) is 14.9 Å². The number of nitro benzene ring substituents is 1. The van der Waals surface area contributed by atoms with E-state index in [1.807, 2.05) is 0 Å². The molecule has 1 N–H and O–H groups in total. The van der Waals surface area contributed by atoms with Crippen LogP contribution in [0, 0.1) is 10.1 Å². The zero-order valence-corrected chi connectivity index (χ0v) is 14.5. The fraction of sp³-hybridized carbons (Fsp3) is 0.167. The number of rotatable bonds is 7. The number of amides is 1. The third-order valence-corrected chi connectivity index (χ3v) is 3.50. The van der Waals surface area contributed by atoms with Crippen molar-refractivity contribution >= 4 is 23.4 Å². The lowest BCUT2D eigenvalue weighted by atomic mass is 10.1. The highest BCUT2D eigenvalue weighted by atomic mass is 16.6. The predicted molar refractivity (Wildman–Crippen MR) is 96.9 cm³/mol. The quantitative estimate of drug-likeness (QED) is 0.463. The van der Waals surface area contributed by atoms with Crippen LogP contribution in [-0.4, -0.2) is 32.2 Å². The van der Waals surface area contributed by atoms with Gasteiger partial charge in [0.1, 0.15) is 17.2 Å². The van der Waals surface area contributed by atoms with E-state index < -0.39 is 10.8 Å². The van der Waals surface area contributed by atoms with E-state index in [2.05, 4.69) is 5.32 Å². The first-order valence-corrected chi connectivity index (χ1v) is 7.52. The lowest BCUT2D eigenvalue weighted by molar-refractivity contribution is -0.384. The summed E-state index contributed by atoms with van der Waals surface area (Å²) in [6.07, 6.45) is 2.84. The standard InChI is InChI=1S/C18H18N2O6/c1-24-14-6-8-16(25-2)12(10-14)4-9-18(21)19-15-11-13(20(22)23)5-7-17(15)26-3/h4-11H,1-3H3,(H,19,21)/b9-4+. The number of anilines is 1. The Morgan fingerprint density at radius 1 is 1.04 bits per heavy atom. The summed E-state index contributed by atoms with van der Waals surface area (Å²) in [7, 11) is 4.47. The number of hydrogen-bond acceptors (Lipinski definition) is 6. The summed E-state index contributed by atoms with van der Waals surface area (Å²) in [5.74, 6) is 1.03. The van der Waals surface area contributed by atoms with Crippen LogP contribution in [0.15, 0.2) is 42.5 Å². The van der Waals surface area contributed by atoms with Gasteiger partial charge in [-0.15, -0.1) is 0 Å². The second-order valence-electron chi connectivity index (χ2n) is 5.07. The first kappa shape index (κ1) is 18.8. The molecule has 0 spiro atoms. The van der Waals surface area contributed by atoms with E-state index in [0.717, 1.165) is 0 Å². The highest BCUT2D eigenvalue weighted by Gasteiger charge is 2.13. The molecule has 0 fully saturated rings. The molecular weight excluding hydrogens is 340 g/mol. The molecule has 0 saturated heterocycles.